The second kappa shape index (κ2) is 9.15. The van der Waals surface area contributed by atoms with E-state index < -0.39 is 0 Å². The van der Waals surface area contributed by atoms with Crippen LogP contribution < -0.4 is 4.74 Å². The molecule has 0 N–H and O–H groups in total. The second-order valence-corrected chi connectivity index (χ2v) is 8.87. The molecule has 2 aromatic carbocycles. The van der Waals surface area contributed by atoms with Gasteiger partial charge in [-0.25, -0.2) is 0 Å². The summed E-state index contributed by atoms with van der Waals surface area (Å²) in [5, 5.41) is 4.15. The fourth-order valence-corrected chi connectivity index (χ4v) is 5.49. The Kier molecular flexibility index (Phi) is 5.93. The maximum atomic E-state index is 13.7. The van der Waals surface area contributed by atoms with Crippen LogP contribution in [0.5, 0.6) is 5.75 Å². The smallest absolute Gasteiger partial charge is 0.230 e. The predicted octanol–water partition coefficient (Wildman–Crippen LogP) is 4.83. The van der Waals surface area contributed by atoms with E-state index in [0.717, 1.165) is 30.6 Å². The van der Waals surface area contributed by atoms with Gasteiger partial charge in [0.1, 0.15) is 5.75 Å². The summed E-state index contributed by atoms with van der Waals surface area (Å²) in [5.74, 6) is 2.86. The van der Waals surface area contributed by atoms with Gasteiger partial charge in [-0.05, 0) is 55.7 Å². The van der Waals surface area contributed by atoms with Crippen molar-refractivity contribution in [2.75, 3.05) is 6.54 Å². The molecule has 3 aromatic rings. The third kappa shape index (κ3) is 4.14. The third-order valence-electron chi connectivity index (χ3n) is 6.99. The topological polar surface area (TPSA) is 68.5 Å². The average molecular weight is 432 g/mol. The molecule has 6 heteroatoms. The van der Waals surface area contributed by atoms with Crippen molar-refractivity contribution in [3.8, 4) is 5.75 Å². The number of fused-ring (bicyclic) bond motifs is 2. The number of hydrogen-bond acceptors (Lipinski definition) is 5. The molecule has 2 saturated carbocycles. The average Bonchev–Trinajstić information content (AvgIpc) is 3.58. The van der Waals surface area contributed by atoms with Crippen molar-refractivity contribution >= 4 is 5.91 Å². The molecule has 1 amide bonds. The highest BCUT2D eigenvalue weighted by atomic mass is 16.5. The van der Waals surface area contributed by atoms with Gasteiger partial charge in [-0.1, -0.05) is 53.7 Å². The second-order valence-electron chi connectivity index (χ2n) is 8.87. The number of benzene rings is 2. The van der Waals surface area contributed by atoms with E-state index in [2.05, 4.69) is 29.2 Å². The molecule has 1 aromatic heterocycles. The molecule has 2 bridgehead atoms. The van der Waals surface area contributed by atoms with Crippen molar-refractivity contribution in [3.63, 3.8) is 0 Å². The lowest BCUT2D eigenvalue weighted by Crippen LogP contribution is -2.40. The first-order valence-electron chi connectivity index (χ1n) is 11.6. The zero-order chi connectivity index (χ0) is 21.9. The van der Waals surface area contributed by atoms with E-state index in [0.29, 0.717) is 36.6 Å². The van der Waals surface area contributed by atoms with E-state index in [1.54, 1.807) is 0 Å². The highest BCUT2D eigenvalue weighted by molar-refractivity contribution is 5.80. The zero-order valence-corrected chi connectivity index (χ0v) is 18.4. The number of ether oxygens (including phenoxy) is 1. The van der Waals surface area contributed by atoms with E-state index in [4.69, 9.17) is 9.26 Å². The number of rotatable bonds is 8. The van der Waals surface area contributed by atoms with Crippen molar-refractivity contribution in [1.29, 1.82) is 0 Å². The molecule has 0 unspecified atom stereocenters. The highest BCUT2D eigenvalue weighted by Gasteiger charge is 2.54. The summed E-state index contributed by atoms with van der Waals surface area (Å²) >= 11 is 0. The van der Waals surface area contributed by atoms with Crippen LogP contribution in [0.3, 0.4) is 0 Å². The molecule has 0 spiro atoms. The minimum Gasteiger partial charge on any atom is -0.485 e. The number of nitrogens with zero attached hydrogens (tertiary/aromatic N) is 3. The Morgan fingerprint density at radius 1 is 1.06 bits per heavy atom. The third-order valence-corrected chi connectivity index (χ3v) is 6.99. The molecule has 2 aliphatic rings. The van der Waals surface area contributed by atoms with Crippen molar-refractivity contribution in [1.82, 2.24) is 15.0 Å². The van der Waals surface area contributed by atoms with E-state index in [-0.39, 0.29) is 24.3 Å². The number of para-hydroxylation sites is 1. The van der Waals surface area contributed by atoms with Crippen molar-refractivity contribution in [3.05, 3.63) is 77.9 Å². The van der Waals surface area contributed by atoms with Crippen molar-refractivity contribution in [2.24, 2.45) is 17.8 Å². The minimum atomic E-state index is -0.0826. The Morgan fingerprint density at radius 3 is 2.53 bits per heavy atom. The first kappa shape index (κ1) is 20.7. The van der Waals surface area contributed by atoms with Crippen LogP contribution in [0.15, 0.2) is 65.2 Å². The molecular formula is C26H29N3O3. The lowest BCUT2D eigenvalue weighted by Gasteiger charge is -2.32. The first-order chi connectivity index (χ1) is 15.7. The fourth-order valence-electron chi connectivity index (χ4n) is 5.49. The summed E-state index contributed by atoms with van der Waals surface area (Å²) < 4.78 is 11.5. The van der Waals surface area contributed by atoms with Crippen LogP contribution in [0.1, 0.15) is 49.4 Å². The first-order valence-corrected chi connectivity index (χ1v) is 11.6. The van der Waals surface area contributed by atoms with Crippen LogP contribution in [0.25, 0.3) is 0 Å². The molecule has 5 rings (SSSR count). The van der Waals surface area contributed by atoms with E-state index >= 15 is 0 Å². The molecule has 0 aliphatic heterocycles. The summed E-state index contributed by atoms with van der Waals surface area (Å²) in [6.07, 6.45) is 3.31. The number of aromatic nitrogens is 2. The molecule has 4 atom stereocenters. The van der Waals surface area contributed by atoms with Gasteiger partial charge in [-0.2, -0.15) is 4.98 Å². The van der Waals surface area contributed by atoms with Gasteiger partial charge in [0.05, 0.1) is 11.8 Å². The minimum absolute atomic E-state index is 0.00375. The number of carbonyl (C=O) groups is 1. The predicted molar refractivity (Wildman–Crippen MR) is 120 cm³/mol. The SMILES string of the molecule is CCN(Cc1ccccc1)C(=O)[C@H]1[C@H]2CC[C@H](C2)[C@@H]1c1nc(COc2ccccc2)no1. The molecule has 0 saturated heterocycles. The zero-order valence-electron chi connectivity index (χ0n) is 18.4. The van der Waals surface area contributed by atoms with Crippen LogP contribution in [0.2, 0.25) is 0 Å². The quantitative estimate of drug-likeness (QED) is 0.511. The Balaban J connectivity index is 1.32. The van der Waals surface area contributed by atoms with Gasteiger partial charge in [0.2, 0.25) is 17.6 Å². The standard InChI is InChI=1S/C26H29N3O3/c1-2-29(16-18-9-5-3-6-10-18)26(30)24-20-14-13-19(15-20)23(24)25-27-22(28-32-25)17-31-21-11-7-4-8-12-21/h3-12,19-20,23-24H,2,13-17H2,1H3/t19-,20+,23+,24+/m1/s1. The molecule has 6 nitrogen and oxygen atoms in total. The monoisotopic (exact) mass is 431 g/mol. The molecule has 2 aliphatic carbocycles. The lowest BCUT2D eigenvalue weighted by atomic mass is 9.78. The van der Waals surface area contributed by atoms with E-state index in [1.807, 2.05) is 53.4 Å². The van der Waals surface area contributed by atoms with Gasteiger partial charge in [-0.15, -0.1) is 0 Å². The summed E-state index contributed by atoms with van der Waals surface area (Å²) in [4.78, 5) is 20.3. The van der Waals surface area contributed by atoms with Crippen molar-refractivity contribution in [2.45, 2.75) is 45.3 Å². The Morgan fingerprint density at radius 2 is 1.78 bits per heavy atom. The lowest BCUT2D eigenvalue weighted by molar-refractivity contribution is -0.138. The highest BCUT2D eigenvalue weighted by Crippen LogP contribution is 2.56. The number of amides is 1. The Hall–Kier alpha value is -3.15. The van der Waals surface area contributed by atoms with Gasteiger partial charge >= 0.3 is 0 Å². The van der Waals surface area contributed by atoms with E-state index in [9.17, 15) is 4.79 Å². The molecule has 166 valence electrons. The molecule has 2 fully saturated rings. The Bertz CT molecular complexity index is 1040. The molecule has 1 heterocycles. The summed E-state index contributed by atoms with van der Waals surface area (Å²) in [7, 11) is 0. The number of carbonyl (C=O) groups excluding carboxylic acids is 1. The van der Waals surface area contributed by atoms with E-state index in [1.165, 1.54) is 0 Å². The number of hydrogen-bond donors (Lipinski definition) is 0. The van der Waals surface area contributed by atoms with Gasteiger partial charge in [-0.3, -0.25) is 4.79 Å². The van der Waals surface area contributed by atoms with Crippen LogP contribution in [-0.2, 0) is 17.9 Å². The van der Waals surface area contributed by atoms with Crippen molar-refractivity contribution < 1.29 is 14.1 Å². The summed E-state index contributed by atoms with van der Waals surface area (Å²) in [5.41, 5.74) is 1.15. The summed E-state index contributed by atoms with van der Waals surface area (Å²) in [6.45, 7) is 3.63. The maximum absolute atomic E-state index is 13.7. The molecule has 32 heavy (non-hydrogen) atoms. The maximum Gasteiger partial charge on any atom is 0.230 e. The molecular weight excluding hydrogens is 402 g/mol. The fraction of sp³-hybridized carbons (Fsp3) is 0.423. The Labute approximate surface area is 188 Å². The van der Waals surface area contributed by atoms with Crippen LogP contribution in [0.4, 0.5) is 0 Å². The molecule has 0 radical (unpaired) electrons. The van der Waals surface area contributed by atoms with Gasteiger partial charge in [0.15, 0.2) is 6.61 Å². The normalized spacial score (nSPS) is 23.9. The largest absolute Gasteiger partial charge is 0.485 e. The van der Waals surface area contributed by atoms with Crippen LogP contribution in [-0.4, -0.2) is 27.5 Å². The van der Waals surface area contributed by atoms with Gasteiger partial charge in [0.25, 0.3) is 0 Å². The van der Waals surface area contributed by atoms with Gasteiger partial charge < -0.3 is 14.2 Å². The summed E-state index contributed by atoms with van der Waals surface area (Å²) in [6, 6.07) is 19.8. The van der Waals surface area contributed by atoms with Crippen LogP contribution >= 0.6 is 0 Å². The van der Waals surface area contributed by atoms with Crippen LogP contribution in [0, 0.1) is 17.8 Å². The van der Waals surface area contributed by atoms with Gasteiger partial charge in [0, 0.05) is 13.1 Å².